The molecule has 0 aliphatic carbocycles. The summed E-state index contributed by atoms with van der Waals surface area (Å²) >= 11 is 0. The molecule has 0 aromatic heterocycles. The van der Waals surface area contributed by atoms with E-state index in [9.17, 15) is 0 Å². The standard InChI is InChI=1S/C26H54/c1-10-11-12-15-22(6)23(7)16-13-14-17-26(19-18-20(2)3)25(9)24(8)21(4)5/h20-26H,10-19H2,1-9H3. The van der Waals surface area contributed by atoms with Crippen LogP contribution in [0.15, 0.2) is 0 Å². The fraction of sp³-hybridized carbons (Fsp3) is 1.00. The summed E-state index contributed by atoms with van der Waals surface area (Å²) in [5, 5.41) is 0. The summed E-state index contributed by atoms with van der Waals surface area (Å²) in [6.45, 7) is 21.9. The molecule has 0 fully saturated rings. The van der Waals surface area contributed by atoms with E-state index in [0.29, 0.717) is 0 Å². The molecule has 158 valence electrons. The maximum absolute atomic E-state index is 2.54. The van der Waals surface area contributed by atoms with Crippen molar-refractivity contribution in [3.8, 4) is 0 Å². The minimum Gasteiger partial charge on any atom is -0.0654 e. The third kappa shape index (κ3) is 11.7. The normalized spacial score (nSPS) is 18.1. The van der Waals surface area contributed by atoms with Gasteiger partial charge in [0.2, 0.25) is 0 Å². The van der Waals surface area contributed by atoms with Crippen LogP contribution in [-0.4, -0.2) is 0 Å². The summed E-state index contributed by atoms with van der Waals surface area (Å²) in [6.07, 6.45) is 14.3. The van der Waals surface area contributed by atoms with Gasteiger partial charge < -0.3 is 0 Å². The van der Waals surface area contributed by atoms with Gasteiger partial charge in [-0.05, 0) is 47.8 Å². The van der Waals surface area contributed by atoms with Crippen LogP contribution < -0.4 is 0 Å². The lowest BCUT2D eigenvalue weighted by atomic mass is 9.74. The van der Waals surface area contributed by atoms with Crippen LogP contribution in [0.3, 0.4) is 0 Å². The van der Waals surface area contributed by atoms with Crippen molar-refractivity contribution in [3.63, 3.8) is 0 Å². The predicted molar refractivity (Wildman–Crippen MR) is 122 cm³/mol. The number of hydrogen-bond donors (Lipinski definition) is 0. The molecule has 0 radical (unpaired) electrons. The molecular formula is C26H54. The second kappa shape index (κ2) is 15.0. The molecule has 26 heavy (non-hydrogen) atoms. The molecule has 0 aliphatic heterocycles. The largest absolute Gasteiger partial charge is 0.0654 e. The minimum absolute atomic E-state index is 0.815. The second-order valence-corrected chi connectivity index (χ2v) is 10.4. The highest BCUT2D eigenvalue weighted by atomic mass is 14.3. The van der Waals surface area contributed by atoms with E-state index < -0.39 is 0 Å². The van der Waals surface area contributed by atoms with E-state index in [2.05, 4.69) is 62.3 Å². The molecule has 0 bridgehead atoms. The SMILES string of the molecule is CCCCCC(C)C(C)CCCCC(CCC(C)C)C(C)C(C)C(C)C. The first-order valence-corrected chi connectivity index (χ1v) is 12.2. The molecule has 0 heteroatoms. The summed E-state index contributed by atoms with van der Waals surface area (Å²) in [4.78, 5) is 0. The Hall–Kier alpha value is 0. The van der Waals surface area contributed by atoms with Gasteiger partial charge in [-0.15, -0.1) is 0 Å². The van der Waals surface area contributed by atoms with Crippen LogP contribution in [0.25, 0.3) is 0 Å². The Morgan fingerprint density at radius 2 is 1.00 bits per heavy atom. The molecule has 0 N–H and O–H groups in total. The van der Waals surface area contributed by atoms with Crippen LogP contribution in [0.2, 0.25) is 0 Å². The smallest absolute Gasteiger partial charge is 0.0386 e. The van der Waals surface area contributed by atoms with Crippen molar-refractivity contribution < 1.29 is 0 Å². The van der Waals surface area contributed by atoms with E-state index >= 15 is 0 Å². The van der Waals surface area contributed by atoms with Gasteiger partial charge in [-0.3, -0.25) is 0 Å². The Morgan fingerprint density at radius 1 is 0.500 bits per heavy atom. The van der Waals surface area contributed by atoms with Crippen LogP contribution in [0, 0.1) is 41.4 Å². The van der Waals surface area contributed by atoms with Crippen molar-refractivity contribution in [1.82, 2.24) is 0 Å². The van der Waals surface area contributed by atoms with E-state index in [-0.39, 0.29) is 0 Å². The molecule has 5 atom stereocenters. The van der Waals surface area contributed by atoms with Gasteiger partial charge in [0, 0.05) is 0 Å². The Morgan fingerprint density at radius 3 is 1.46 bits per heavy atom. The zero-order chi connectivity index (χ0) is 20.1. The first kappa shape index (κ1) is 26.0. The number of unbranched alkanes of at least 4 members (excludes halogenated alkanes) is 3. The molecule has 0 aromatic carbocycles. The summed E-state index contributed by atoms with van der Waals surface area (Å²) < 4.78 is 0. The maximum atomic E-state index is 2.54. The van der Waals surface area contributed by atoms with Crippen LogP contribution in [0.5, 0.6) is 0 Å². The van der Waals surface area contributed by atoms with Gasteiger partial charge in [-0.2, -0.15) is 0 Å². The highest BCUT2D eigenvalue weighted by molar-refractivity contribution is 4.75. The molecule has 0 aliphatic rings. The van der Waals surface area contributed by atoms with Crippen LogP contribution in [-0.2, 0) is 0 Å². The average Bonchev–Trinajstić information content (AvgIpc) is 2.59. The van der Waals surface area contributed by atoms with Crippen molar-refractivity contribution in [3.05, 3.63) is 0 Å². The molecule has 5 unspecified atom stereocenters. The molecule has 0 aromatic rings. The molecule has 0 heterocycles. The molecule has 0 saturated heterocycles. The lowest BCUT2D eigenvalue weighted by molar-refractivity contribution is 0.181. The van der Waals surface area contributed by atoms with E-state index in [1.54, 1.807) is 0 Å². The minimum atomic E-state index is 0.815. The highest BCUT2D eigenvalue weighted by Crippen LogP contribution is 2.34. The first-order chi connectivity index (χ1) is 12.2. The maximum Gasteiger partial charge on any atom is -0.0386 e. The van der Waals surface area contributed by atoms with E-state index in [1.165, 1.54) is 64.2 Å². The van der Waals surface area contributed by atoms with E-state index in [0.717, 1.165) is 41.4 Å². The molecule has 0 spiro atoms. The molecule has 0 saturated carbocycles. The summed E-state index contributed by atoms with van der Waals surface area (Å²) in [6, 6.07) is 0. The van der Waals surface area contributed by atoms with Crippen LogP contribution >= 0.6 is 0 Å². The molecule has 0 rings (SSSR count). The lowest BCUT2D eigenvalue weighted by Crippen LogP contribution is -2.23. The Bertz CT molecular complexity index is 303. The summed E-state index contributed by atoms with van der Waals surface area (Å²) in [5.74, 6) is 6.15. The highest BCUT2D eigenvalue weighted by Gasteiger charge is 2.24. The zero-order valence-electron chi connectivity index (χ0n) is 20.1. The average molecular weight is 367 g/mol. The van der Waals surface area contributed by atoms with Gasteiger partial charge in [0.25, 0.3) is 0 Å². The third-order valence-electron chi connectivity index (χ3n) is 7.46. The van der Waals surface area contributed by atoms with Crippen molar-refractivity contribution in [2.24, 2.45) is 41.4 Å². The monoisotopic (exact) mass is 366 g/mol. The summed E-state index contributed by atoms with van der Waals surface area (Å²) in [7, 11) is 0. The van der Waals surface area contributed by atoms with Crippen molar-refractivity contribution in [1.29, 1.82) is 0 Å². The quantitative estimate of drug-likeness (QED) is 0.239. The van der Waals surface area contributed by atoms with Gasteiger partial charge in [-0.1, -0.05) is 120 Å². The molecular weight excluding hydrogens is 312 g/mol. The Balaban J connectivity index is 4.30. The van der Waals surface area contributed by atoms with Crippen LogP contribution in [0.1, 0.15) is 127 Å². The van der Waals surface area contributed by atoms with Gasteiger partial charge >= 0.3 is 0 Å². The second-order valence-electron chi connectivity index (χ2n) is 10.4. The topological polar surface area (TPSA) is 0 Å². The lowest BCUT2D eigenvalue weighted by Gasteiger charge is -2.32. The zero-order valence-corrected chi connectivity index (χ0v) is 20.1. The fourth-order valence-electron chi connectivity index (χ4n) is 4.41. The van der Waals surface area contributed by atoms with Gasteiger partial charge in [-0.25, -0.2) is 0 Å². The first-order valence-electron chi connectivity index (χ1n) is 12.2. The van der Waals surface area contributed by atoms with E-state index in [4.69, 9.17) is 0 Å². The van der Waals surface area contributed by atoms with Crippen molar-refractivity contribution >= 4 is 0 Å². The molecule has 0 amide bonds. The van der Waals surface area contributed by atoms with Gasteiger partial charge in [0.05, 0.1) is 0 Å². The van der Waals surface area contributed by atoms with Gasteiger partial charge in [0.1, 0.15) is 0 Å². The van der Waals surface area contributed by atoms with Crippen molar-refractivity contribution in [2.45, 2.75) is 127 Å². The van der Waals surface area contributed by atoms with Crippen LogP contribution in [0.4, 0.5) is 0 Å². The summed E-state index contributed by atoms with van der Waals surface area (Å²) in [5.41, 5.74) is 0. The molecule has 0 nitrogen and oxygen atoms in total. The third-order valence-corrected chi connectivity index (χ3v) is 7.46. The fourth-order valence-corrected chi connectivity index (χ4v) is 4.41. The van der Waals surface area contributed by atoms with E-state index in [1.807, 2.05) is 0 Å². The van der Waals surface area contributed by atoms with Gasteiger partial charge in [0.15, 0.2) is 0 Å². The number of rotatable bonds is 16. The van der Waals surface area contributed by atoms with Crippen molar-refractivity contribution in [2.75, 3.05) is 0 Å². The predicted octanol–water partition coefficient (Wildman–Crippen LogP) is 9.38. The number of hydrogen-bond acceptors (Lipinski definition) is 0. The Labute approximate surface area is 168 Å². The Kier molecular flexibility index (Phi) is 15.0.